The number of aryl methyl sites for hydroxylation is 2. The van der Waals surface area contributed by atoms with Gasteiger partial charge in [-0.25, -0.2) is 0 Å². The van der Waals surface area contributed by atoms with Crippen LogP contribution in [0.4, 0.5) is 0 Å². The predicted molar refractivity (Wildman–Crippen MR) is 95.0 cm³/mol. The number of hydrogen-bond donors (Lipinski definition) is 2. The van der Waals surface area contributed by atoms with Crippen molar-refractivity contribution >= 4 is 28.1 Å². The molecule has 0 radical (unpaired) electrons. The second kappa shape index (κ2) is 5.85. The van der Waals surface area contributed by atoms with Gasteiger partial charge in [0.1, 0.15) is 0 Å². The Morgan fingerprint density at radius 2 is 2.30 bits per heavy atom. The third kappa shape index (κ3) is 2.91. The number of aromatic nitrogens is 1. The van der Waals surface area contributed by atoms with Crippen LogP contribution in [0, 0.1) is 6.92 Å². The van der Waals surface area contributed by atoms with Crippen molar-refractivity contribution in [2.24, 2.45) is 0 Å². The number of hydrogen-bond acceptors (Lipinski definition) is 2. The van der Waals surface area contributed by atoms with Gasteiger partial charge in [-0.15, -0.1) is 11.3 Å². The van der Waals surface area contributed by atoms with Crippen LogP contribution in [0.1, 0.15) is 28.1 Å². The van der Waals surface area contributed by atoms with Gasteiger partial charge in [-0.3, -0.25) is 4.79 Å². The molecule has 3 aromatic rings. The van der Waals surface area contributed by atoms with Gasteiger partial charge in [-0.05, 0) is 48.9 Å². The van der Waals surface area contributed by atoms with Gasteiger partial charge in [-0.2, -0.15) is 0 Å². The third-order valence-corrected chi connectivity index (χ3v) is 5.50. The molecule has 1 aliphatic carbocycles. The Morgan fingerprint density at radius 3 is 3.13 bits per heavy atom. The highest BCUT2D eigenvalue weighted by atomic mass is 32.1. The van der Waals surface area contributed by atoms with E-state index in [2.05, 4.69) is 35.4 Å². The van der Waals surface area contributed by atoms with E-state index in [1.807, 2.05) is 17.5 Å². The molecule has 0 saturated carbocycles. The lowest BCUT2D eigenvalue weighted by Crippen LogP contribution is -2.39. The molecule has 0 spiro atoms. The summed E-state index contributed by atoms with van der Waals surface area (Å²) >= 11 is 1.64. The number of thiophene rings is 1. The highest BCUT2D eigenvalue weighted by Gasteiger charge is 2.23. The fourth-order valence-corrected chi connectivity index (χ4v) is 4.22. The highest BCUT2D eigenvalue weighted by molar-refractivity contribution is 7.10. The van der Waals surface area contributed by atoms with E-state index in [-0.39, 0.29) is 11.9 Å². The Balaban J connectivity index is 1.48. The Hall–Kier alpha value is -2.07. The summed E-state index contributed by atoms with van der Waals surface area (Å²) in [5.74, 6) is 0.132. The quantitative estimate of drug-likeness (QED) is 0.757. The van der Waals surface area contributed by atoms with E-state index in [1.54, 1.807) is 11.3 Å². The fraction of sp³-hybridized carbons (Fsp3) is 0.316. The first-order valence-corrected chi connectivity index (χ1v) is 8.99. The first-order valence-electron chi connectivity index (χ1n) is 8.11. The van der Waals surface area contributed by atoms with Crippen molar-refractivity contribution < 1.29 is 4.79 Å². The molecule has 3 nitrogen and oxygen atoms in total. The molecule has 1 unspecified atom stereocenters. The first-order chi connectivity index (χ1) is 11.2. The lowest BCUT2D eigenvalue weighted by atomic mass is 9.91. The maximum atomic E-state index is 12.2. The summed E-state index contributed by atoms with van der Waals surface area (Å²) in [6, 6.07) is 10.8. The second-order valence-electron chi connectivity index (χ2n) is 6.39. The Labute approximate surface area is 139 Å². The van der Waals surface area contributed by atoms with E-state index in [0.29, 0.717) is 6.42 Å². The van der Waals surface area contributed by atoms with Crippen molar-refractivity contribution in [1.29, 1.82) is 0 Å². The molecule has 0 aliphatic heterocycles. The van der Waals surface area contributed by atoms with Gasteiger partial charge in [0.05, 0.1) is 6.42 Å². The van der Waals surface area contributed by atoms with E-state index < -0.39 is 0 Å². The van der Waals surface area contributed by atoms with Gasteiger partial charge in [0, 0.05) is 33.9 Å². The number of carbonyl (C=O) groups excluding carboxylic acids is 1. The SMILES string of the molecule is Cc1ccc2[nH]c3c(c2c1)CCC(NC(=O)Cc1cccs1)C3. The zero-order valence-corrected chi connectivity index (χ0v) is 14.0. The van der Waals surface area contributed by atoms with Crippen molar-refractivity contribution in [2.45, 2.75) is 38.6 Å². The maximum Gasteiger partial charge on any atom is 0.225 e. The summed E-state index contributed by atoms with van der Waals surface area (Å²) in [5, 5.41) is 6.57. The van der Waals surface area contributed by atoms with Crippen molar-refractivity contribution in [2.75, 3.05) is 0 Å². The Kier molecular flexibility index (Phi) is 3.69. The Bertz CT molecular complexity index is 848. The number of fused-ring (bicyclic) bond motifs is 3. The lowest BCUT2D eigenvalue weighted by Gasteiger charge is -2.23. The zero-order valence-electron chi connectivity index (χ0n) is 13.2. The third-order valence-electron chi connectivity index (χ3n) is 4.62. The smallest absolute Gasteiger partial charge is 0.225 e. The summed E-state index contributed by atoms with van der Waals surface area (Å²) in [6.07, 6.45) is 3.44. The minimum absolute atomic E-state index is 0.132. The summed E-state index contributed by atoms with van der Waals surface area (Å²) in [7, 11) is 0. The molecule has 1 atom stereocenters. The number of aromatic amines is 1. The molecular weight excluding hydrogens is 304 g/mol. The summed E-state index contributed by atoms with van der Waals surface area (Å²) in [6.45, 7) is 2.13. The molecule has 4 rings (SSSR count). The number of benzene rings is 1. The topological polar surface area (TPSA) is 44.9 Å². The molecule has 1 amide bonds. The zero-order chi connectivity index (χ0) is 15.8. The minimum Gasteiger partial charge on any atom is -0.358 e. The normalized spacial score (nSPS) is 17.2. The molecule has 118 valence electrons. The molecule has 0 fully saturated rings. The van der Waals surface area contributed by atoms with Crippen LogP contribution in [0.15, 0.2) is 35.7 Å². The molecule has 2 heterocycles. The molecule has 2 N–H and O–H groups in total. The number of rotatable bonds is 3. The van der Waals surface area contributed by atoms with E-state index >= 15 is 0 Å². The average molecular weight is 324 g/mol. The van der Waals surface area contributed by atoms with Gasteiger partial charge in [0.25, 0.3) is 0 Å². The van der Waals surface area contributed by atoms with Crippen molar-refractivity contribution in [3.8, 4) is 0 Å². The molecule has 1 aliphatic rings. The molecule has 0 bridgehead atoms. The molecule has 0 saturated heterocycles. The van der Waals surface area contributed by atoms with Crippen molar-refractivity contribution in [3.63, 3.8) is 0 Å². The van der Waals surface area contributed by atoms with E-state index in [1.165, 1.54) is 27.7 Å². The fourth-order valence-electron chi connectivity index (χ4n) is 3.52. The summed E-state index contributed by atoms with van der Waals surface area (Å²) in [5.41, 5.74) is 5.24. The second-order valence-corrected chi connectivity index (χ2v) is 7.43. The average Bonchev–Trinajstić information content (AvgIpc) is 3.14. The molecular formula is C19H20N2OS. The molecule has 1 aromatic carbocycles. The van der Waals surface area contributed by atoms with Crippen LogP contribution in [-0.4, -0.2) is 16.9 Å². The van der Waals surface area contributed by atoms with Crippen molar-refractivity contribution in [3.05, 3.63) is 57.4 Å². The standard InChI is InChI=1S/C19H20N2OS/c1-12-4-7-17-16(9-12)15-6-5-13(10-18(15)21-17)20-19(22)11-14-3-2-8-23-14/h2-4,7-9,13,21H,5-6,10-11H2,1H3,(H,20,22). The number of amides is 1. The van der Waals surface area contributed by atoms with Gasteiger partial charge in [0.2, 0.25) is 5.91 Å². The van der Waals surface area contributed by atoms with E-state index in [4.69, 9.17) is 0 Å². The van der Waals surface area contributed by atoms with Crippen LogP contribution in [0.3, 0.4) is 0 Å². The first kappa shape index (κ1) is 14.5. The van der Waals surface area contributed by atoms with Crippen LogP contribution in [0.5, 0.6) is 0 Å². The van der Waals surface area contributed by atoms with Crippen molar-refractivity contribution in [1.82, 2.24) is 10.3 Å². The predicted octanol–water partition coefficient (Wildman–Crippen LogP) is 3.75. The van der Waals surface area contributed by atoms with E-state index in [0.717, 1.165) is 24.1 Å². The number of carbonyl (C=O) groups is 1. The summed E-state index contributed by atoms with van der Waals surface area (Å²) < 4.78 is 0. The molecule has 2 aromatic heterocycles. The molecule has 23 heavy (non-hydrogen) atoms. The largest absolute Gasteiger partial charge is 0.358 e. The maximum absolute atomic E-state index is 12.2. The molecule has 4 heteroatoms. The van der Waals surface area contributed by atoms with E-state index in [9.17, 15) is 4.79 Å². The van der Waals surface area contributed by atoms with Gasteiger partial charge < -0.3 is 10.3 Å². The van der Waals surface area contributed by atoms with Crippen LogP contribution < -0.4 is 5.32 Å². The lowest BCUT2D eigenvalue weighted by molar-refractivity contribution is -0.121. The van der Waals surface area contributed by atoms with Gasteiger partial charge in [0.15, 0.2) is 0 Å². The Morgan fingerprint density at radius 1 is 1.39 bits per heavy atom. The number of nitrogens with one attached hydrogen (secondary N) is 2. The minimum atomic E-state index is 0.132. The van der Waals surface area contributed by atoms with Crippen LogP contribution in [-0.2, 0) is 24.1 Å². The summed E-state index contributed by atoms with van der Waals surface area (Å²) in [4.78, 5) is 16.9. The van der Waals surface area contributed by atoms with Crippen LogP contribution in [0.25, 0.3) is 10.9 Å². The van der Waals surface area contributed by atoms with Gasteiger partial charge >= 0.3 is 0 Å². The van der Waals surface area contributed by atoms with Crippen LogP contribution in [0.2, 0.25) is 0 Å². The number of H-pyrrole nitrogens is 1. The highest BCUT2D eigenvalue weighted by Crippen LogP contribution is 2.29. The van der Waals surface area contributed by atoms with Crippen LogP contribution >= 0.6 is 11.3 Å². The van der Waals surface area contributed by atoms with Gasteiger partial charge in [-0.1, -0.05) is 17.7 Å². The monoisotopic (exact) mass is 324 g/mol.